The molecule has 0 fully saturated rings. The van der Waals surface area contributed by atoms with E-state index in [0.717, 1.165) is 18.7 Å². The van der Waals surface area contributed by atoms with Crippen LogP contribution in [0.1, 0.15) is 18.2 Å². The molecule has 1 aromatic carbocycles. The summed E-state index contributed by atoms with van der Waals surface area (Å²) in [6.07, 6.45) is 1.75. The fourth-order valence-electron chi connectivity index (χ4n) is 1.87. The van der Waals surface area contributed by atoms with Crippen LogP contribution in [0.2, 0.25) is 0 Å². The molecule has 0 aliphatic rings. The Bertz CT molecular complexity index is 635. The molecule has 2 aromatic rings. The van der Waals surface area contributed by atoms with Gasteiger partial charge in [-0.3, -0.25) is 0 Å². The van der Waals surface area contributed by atoms with Crippen molar-refractivity contribution in [3.8, 4) is 0 Å². The Morgan fingerprint density at radius 1 is 1.10 bits per heavy atom. The number of anilines is 1. The molecule has 114 valence electrons. The smallest absolute Gasteiger partial charge is 0.240 e. The highest BCUT2D eigenvalue weighted by molar-refractivity contribution is 7.89. The maximum absolute atomic E-state index is 12.2. The Morgan fingerprint density at radius 3 is 2.48 bits per heavy atom. The third-order valence-electron chi connectivity index (χ3n) is 2.99. The second kappa shape index (κ2) is 7.59. The minimum atomic E-state index is -3.42. The first-order chi connectivity index (χ1) is 10.1. The third-order valence-corrected chi connectivity index (χ3v) is 5.40. The maximum atomic E-state index is 12.2. The van der Waals surface area contributed by atoms with Crippen molar-refractivity contribution in [3.05, 3.63) is 46.7 Å². The Hall–Kier alpha value is -1.37. The molecule has 0 aliphatic carbocycles. The van der Waals surface area contributed by atoms with Gasteiger partial charge in [0.05, 0.1) is 4.90 Å². The van der Waals surface area contributed by atoms with Crippen LogP contribution in [0.5, 0.6) is 0 Å². The molecular weight excluding hydrogens is 304 g/mol. The van der Waals surface area contributed by atoms with Crippen LogP contribution in [-0.2, 0) is 16.4 Å². The van der Waals surface area contributed by atoms with E-state index in [-0.39, 0.29) is 0 Å². The van der Waals surface area contributed by atoms with E-state index in [1.165, 1.54) is 4.88 Å². The van der Waals surface area contributed by atoms with Gasteiger partial charge in [-0.15, -0.1) is 11.3 Å². The predicted molar refractivity (Wildman–Crippen MR) is 88.4 cm³/mol. The first-order valence-corrected chi connectivity index (χ1v) is 9.34. The van der Waals surface area contributed by atoms with E-state index >= 15 is 0 Å². The summed E-state index contributed by atoms with van der Waals surface area (Å²) in [4.78, 5) is 1.48. The summed E-state index contributed by atoms with van der Waals surface area (Å²) < 4.78 is 27.0. The number of rotatable bonds is 8. The standard InChI is InChI=1S/C15H20N2O2S2/c1-2-10-16-13-5-7-15(8-6-13)21(18,19)17-11-9-14-4-3-12-20-14/h3-8,12,16-17H,2,9-11H2,1H3. The van der Waals surface area contributed by atoms with Crippen molar-refractivity contribution in [1.29, 1.82) is 0 Å². The summed E-state index contributed by atoms with van der Waals surface area (Å²) in [5.74, 6) is 0. The highest BCUT2D eigenvalue weighted by Gasteiger charge is 2.13. The Labute approximate surface area is 130 Å². The molecular formula is C15H20N2O2S2. The van der Waals surface area contributed by atoms with Crippen molar-refractivity contribution >= 4 is 27.0 Å². The monoisotopic (exact) mass is 324 g/mol. The number of nitrogens with one attached hydrogen (secondary N) is 2. The Balaban J connectivity index is 1.92. The molecule has 0 bridgehead atoms. The van der Waals surface area contributed by atoms with Crippen LogP contribution in [0.15, 0.2) is 46.7 Å². The van der Waals surface area contributed by atoms with Gasteiger partial charge < -0.3 is 5.32 Å². The van der Waals surface area contributed by atoms with E-state index < -0.39 is 10.0 Å². The molecule has 0 unspecified atom stereocenters. The average Bonchev–Trinajstić information content (AvgIpc) is 2.98. The molecule has 0 saturated heterocycles. The van der Waals surface area contributed by atoms with Crippen LogP contribution in [0.4, 0.5) is 5.69 Å². The second-order valence-electron chi connectivity index (χ2n) is 4.68. The topological polar surface area (TPSA) is 58.2 Å². The van der Waals surface area contributed by atoms with Gasteiger partial charge >= 0.3 is 0 Å². The summed E-state index contributed by atoms with van der Waals surface area (Å²) in [6.45, 7) is 3.38. The Morgan fingerprint density at radius 2 is 1.86 bits per heavy atom. The average molecular weight is 324 g/mol. The number of hydrogen-bond acceptors (Lipinski definition) is 4. The lowest BCUT2D eigenvalue weighted by molar-refractivity contribution is 0.582. The lowest BCUT2D eigenvalue weighted by atomic mass is 10.3. The van der Waals surface area contributed by atoms with Crippen molar-refractivity contribution < 1.29 is 8.42 Å². The zero-order chi connectivity index (χ0) is 15.1. The number of benzene rings is 1. The normalized spacial score (nSPS) is 11.5. The van der Waals surface area contributed by atoms with E-state index in [9.17, 15) is 8.42 Å². The van der Waals surface area contributed by atoms with E-state index in [1.807, 2.05) is 17.5 Å². The van der Waals surface area contributed by atoms with Crippen LogP contribution >= 0.6 is 11.3 Å². The number of thiophene rings is 1. The van der Waals surface area contributed by atoms with Gasteiger partial charge in [0.25, 0.3) is 0 Å². The molecule has 0 aliphatic heterocycles. The summed E-state index contributed by atoms with van der Waals surface area (Å²) in [6, 6.07) is 10.8. The molecule has 0 radical (unpaired) electrons. The highest BCUT2D eigenvalue weighted by atomic mass is 32.2. The maximum Gasteiger partial charge on any atom is 0.240 e. The summed E-state index contributed by atoms with van der Waals surface area (Å²) in [7, 11) is -3.42. The van der Waals surface area contributed by atoms with Crippen LogP contribution in [0.25, 0.3) is 0 Å². The summed E-state index contributed by atoms with van der Waals surface area (Å²) >= 11 is 1.64. The SMILES string of the molecule is CCCNc1ccc(S(=O)(=O)NCCc2cccs2)cc1. The molecule has 6 heteroatoms. The van der Waals surface area contributed by atoms with E-state index in [2.05, 4.69) is 17.0 Å². The molecule has 0 amide bonds. The first-order valence-electron chi connectivity index (χ1n) is 6.98. The van der Waals surface area contributed by atoms with Crippen molar-refractivity contribution in [3.63, 3.8) is 0 Å². The minimum Gasteiger partial charge on any atom is -0.385 e. The number of hydrogen-bond donors (Lipinski definition) is 2. The summed E-state index contributed by atoms with van der Waals surface area (Å²) in [5.41, 5.74) is 0.939. The van der Waals surface area contributed by atoms with E-state index in [1.54, 1.807) is 35.6 Å². The lowest BCUT2D eigenvalue weighted by Gasteiger charge is -2.08. The lowest BCUT2D eigenvalue weighted by Crippen LogP contribution is -2.25. The number of sulfonamides is 1. The molecule has 1 aromatic heterocycles. The second-order valence-corrected chi connectivity index (χ2v) is 7.48. The van der Waals surface area contributed by atoms with E-state index in [0.29, 0.717) is 17.9 Å². The van der Waals surface area contributed by atoms with Crippen LogP contribution in [0.3, 0.4) is 0 Å². The van der Waals surface area contributed by atoms with Gasteiger partial charge in [0.1, 0.15) is 0 Å². The van der Waals surface area contributed by atoms with Gasteiger partial charge in [0, 0.05) is 23.7 Å². The third kappa shape index (κ3) is 4.84. The first kappa shape index (κ1) is 16.0. The van der Waals surface area contributed by atoms with Gasteiger partial charge in [-0.1, -0.05) is 13.0 Å². The molecule has 21 heavy (non-hydrogen) atoms. The van der Waals surface area contributed by atoms with Crippen LogP contribution in [0, 0.1) is 0 Å². The van der Waals surface area contributed by atoms with E-state index in [4.69, 9.17) is 0 Å². The fourth-order valence-corrected chi connectivity index (χ4v) is 3.61. The van der Waals surface area contributed by atoms with Gasteiger partial charge in [-0.25, -0.2) is 13.1 Å². The molecule has 0 atom stereocenters. The van der Waals surface area contributed by atoms with Crippen LogP contribution in [-0.4, -0.2) is 21.5 Å². The van der Waals surface area contributed by atoms with Crippen molar-refractivity contribution in [2.24, 2.45) is 0 Å². The predicted octanol–water partition coefficient (Wildman–Crippen LogP) is 3.09. The largest absolute Gasteiger partial charge is 0.385 e. The van der Waals surface area contributed by atoms with Crippen LogP contribution < -0.4 is 10.0 Å². The molecule has 4 nitrogen and oxygen atoms in total. The zero-order valence-corrected chi connectivity index (χ0v) is 13.6. The summed E-state index contributed by atoms with van der Waals surface area (Å²) in [5, 5.41) is 5.21. The molecule has 1 heterocycles. The highest BCUT2D eigenvalue weighted by Crippen LogP contribution is 2.14. The van der Waals surface area contributed by atoms with Gasteiger partial charge in [-0.2, -0.15) is 0 Å². The Kier molecular flexibility index (Phi) is 5.78. The zero-order valence-electron chi connectivity index (χ0n) is 12.0. The van der Waals surface area contributed by atoms with Gasteiger partial charge in [0.15, 0.2) is 0 Å². The fraction of sp³-hybridized carbons (Fsp3) is 0.333. The quantitative estimate of drug-likeness (QED) is 0.784. The van der Waals surface area contributed by atoms with Gasteiger partial charge in [-0.05, 0) is 48.6 Å². The molecule has 2 N–H and O–H groups in total. The molecule has 0 spiro atoms. The van der Waals surface area contributed by atoms with Gasteiger partial charge in [0.2, 0.25) is 10.0 Å². The minimum absolute atomic E-state index is 0.302. The molecule has 0 saturated carbocycles. The molecule has 2 rings (SSSR count). The van der Waals surface area contributed by atoms with Crippen molar-refractivity contribution in [1.82, 2.24) is 4.72 Å². The van der Waals surface area contributed by atoms with Crippen molar-refractivity contribution in [2.75, 3.05) is 18.4 Å². The van der Waals surface area contributed by atoms with Crippen molar-refractivity contribution in [2.45, 2.75) is 24.7 Å².